The number of rotatable bonds is 18. The minimum atomic E-state index is -2.02. The number of esters is 1. The average Bonchev–Trinajstić information content (AvgIpc) is 3.36. The van der Waals surface area contributed by atoms with Crippen LogP contribution in [0.1, 0.15) is 112 Å². The van der Waals surface area contributed by atoms with Gasteiger partial charge in [-0.25, -0.2) is 14.2 Å². The lowest BCUT2D eigenvalue weighted by Gasteiger charge is -2.50. The number of Topliss-reactive ketones (excluding diaryl/α,β-unsaturated/α-hetero) is 1. The van der Waals surface area contributed by atoms with Crippen molar-refractivity contribution in [2.75, 3.05) is 59.9 Å². The van der Waals surface area contributed by atoms with Gasteiger partial charge in [0.05, 0.1) is 59.6 Å². The van der Waals surface area contributed by atoms with Gasteiger partial charge in [0.1, 0.15) is 40.9 Å². The number of hydrogen-bond donors (Lipinski definition) is 6. The fraction of sp³-hybridized carbons (Fsp3) is 0.792. The van der Waals surface area contributed by atoms with Gasteiger partial charge in [0.15, 0.2) is 24.2 Å². The monoisotopic (exact) mass is 1070 g/mol. The van der Waals surface area contributed by atoms with E-state index in [0.717, 1.165) is 6.07 Å². The number of ketones is 1. The molecule has 0 unspecified atom stereocenters. The third-order valence-corrected chi connectivity index (χ3v) is 16.0. The molecule has 2 aromatic heterocycles. The van der Waals surface area contributed by atoms with Crippen LogP contribution in [0.4, 0.5) is 10.2 Å². The number of cyclic esters (lactones) is 1. The maximum absolute atomic E-state index is 15.1. The first-order chi connectivity index (χ1) is 35.1. The Morgan fingerprint density at radius 3 is 2.19 bits per heavy atom. The number of aromatic carboxylic acids is 1. The van der Waals surface area contributed by atoms with Crippen LogP contribution < -0.4 is 16.1 Å². The van der Waals surface area contributed by atoms with Crippen molar-refractivity contribution in [3.63, 3.8) is 0 Å². The number of pyridine rings is 2. The van der Waals surface area contributed by atoms with Gasteiger partial charge in [0.2, 0.25) is 5.43 Å². The maximum atomic E-state index is 15.1. The molecule has 6 N–H and O–H groups in total. The Bertz CT molecular complexity index is 2320. The number of nitrogens with one attached hydrogen (secondary N) is 2. The van der Waals surface area contributed by atoms with E-state index >= 15 is 4.39 Å². The molecule has 18 atom stereocenters. The number of fused-ring (bicyclic) bond motifs is 1. The van der Waals surface area contributed by atoms with Crippen LogP contribution in [-0.2, 0) is 54.0 Å². The van der Waals surface area contributed by atoms with Crippen molar-refractivity contribution in [3.8, 4) is 0 Å². The molecule has 3 aliphatic rings. The molecule has 75 heavy (non-hydrogen) atoms. The Morgan fingerprint density at radius 1 is 0.933 bits per heavy atom. The molecule has 0 bridgehead atoms. The fourth-order valence-corrected chi connectivity index (χ4v) is 11.3. The highest BCUT2D eigenvalue weighted by Gasteiger charge is 2.54. The minimum Gasteiger partial charge on any atom is -0.477 e. The lowest BCUT2D eigenvalue weighted by Crippen LogP contribution is -2.61. The summed E-state index contributed by atoms with van der Waals surface area (Å²) in [6, 6.07) is 0.667. The maximum Gasteiger partial charge on any atom is 0.341 e. The quantitative estimate of drug-likeness (QED) is 0.0917. The number of halogens is 1. The molecule has 3 aliphatic heterocycles. The van der Waals surface area contributed by atoms with Crippen LogP contribution in [0.2, 0.25) is 0 Å². The SMILES string of the molecule is CC[C@@H]1OC(=O)[C@H](C)[C@H](O[C@@H]2C[C@](C)(OC)[C@H](OCCNCCNc3nc4c(cc3F)c(=O)c(C(=O)O)cn4CC)[C@H](C)O2)[C@@H](C)[C@H](O[C@H]2O[C@@H](C)C[C@@H](N(C)C)[C@H]2O)[C@](C)(OC)C[C@H](C)C(=O)[C@@H](C)[C@H](O)[C@@]1(C)O. The van der Waals surface area contributed by atoms with Crippen LogP contribution in [0.3, 0.4) is 0 Å². The standard InChI is InChI=1S/C53H86FN5O16/c1-16-37-53(11,67)43(63)29(5)39(60)27(3)24-51(9,68-14)44(75-50-41(62)36(58(12)13)22-28(4)71-50)30(6)42(31(7)49(66)73-37)74-38-25-52(10,69-15)45(32(8)72-38)70-21-20-55-18-19-56-46-35(54)23-33-40(61)34(48(64)65)26-59(17-2)47(33)57-46/h23,26-32,36-38,41-45,50,55,62-63,67H,16-22,24-25H2,1-15H3,(H,56,57)(H,64,65)/t27-,28-,29+,30+,31+,32-,36+,37-,38+,41+,42+,43-,44-,45+,50+,51+,52-,53-/m0/s1. The first kappa shape index (κ1) is 62.1. The Labute approximate surface area is 440 Å². The number of carboxylic acids is 1. The van der Waals surface area contributed by atoms with Gasteiger partial charge in [-0.05, 0) is 87.9 Å². The zero-order valence-electron chi connectivity index (χ0n) is 46.6. The Kier molecular flexibility index (Phi) is 21.3. The predicted octanol–water partition coefficient (Wildman–Crippen LogP) is 3.73. The van der Waals surface area contributed by atoms with Crippen molar-refractivity contribution in [3.05, 3.63) is 33.9 Å². The van der Waals surface area contributed by atoms with Gasteiger partial charge in [-0.1, -0.05) is 27.7 Å². The van der Waals surface area contributed by atoms with Crippen LogP contribution in [0.5, 0.6) is 0 Å². The molecular formula is C53H86FN5O16. The van der Waals surface area contributed by atoms with Crippen molar-refractivity contribution in [2.45, 2.75) is 193 Å². The number of hydrogen-bond acceptors (Lipinski definition) is 19. The number of methoxy groups -OCH3 is 2. The summed E-state index contributed by atoms with van der Waals surface area (Å²) in [4.78, 5) is 59.3. The van der Waals surface area contributed by atoms with E-state index in [0.29, 0.717) is 26.1 Å². The van der Waals surface area contributed by atoms with E-state index in [4.69, 9.17) is 37.9 Å². The predicted molar refractivity (Wildman–Crippen MR) is 275 cm³/mol. The van der Waals surface area contributed by atoms with Crippen molar-refractivity contribution in [1.29, 1.82) is 0 Å². The van der Waals surface area contributed by atoms with Gasteiger partial charge < -0.3 is 78.4 Å². The van der Waals surface area contributed by atoms with E-state index in [-0.39, 0.29) is 67.2 Å². The highest BCUT2D eigenvalue weighted by Crippen LogP contribution is 2.42. The average molecular weight is 1070 g/mol. The van der Waals surface area contributed by atoms with E-state index in [1.165, 1.54) is 24.8 Å². The smallest absolute Gasteiger partial charge is 0.341 e. The Balaban J connectivity index is 1.36. The first-order valence-electron chi connectivity index (χ1n) is 26.3. The summed E-state index contributed by atoms with van der Waals surface area (Å²) in [7, 11) is 6.79. The van der Waals surface area contributed by atoms with E-state index in [1.807, 2.05) is 46.7 Å². The van der Waals surface area contributed by atoms with E-state index in [1.54, 1.807) is 48.7 Å². The molecule has 0 amide bonds. The molecule has 0 spiro atoms. The number of carbonyl (C=O) groups excluding carboxylic acids is 2. The molecule has 0 aromatic carbocycles. The number of likely N-dealkylation sites (N-methyl/N-ethyl adjacent to an activating group) is 1. The molecule has 3 saturated heterocycles. The van der Waals surface area contributed by atoms with Gasteiger partial charge in [0, 0.05) is 76.8 Å². The first-order valence-corrected chi connectivity index (χ1v) is 26.3. The van der Waals surface area contributed by atoms with Gasteiger partial charge in [-0.15, -0.1) is 0 Å². The zero-order valence-corrected chi connectivity index (χ0v) is 46.6. The van der Waals surface area contributed by atoms with Crippen LogP contribution in [0, 0.1) is 29.5 Å². The summed E-state index contributed by atoms with van der Waals surface area (Å²) in [5.74, 6) is -7.04. The fourth-order valence-electron chi connectivity index (χ4n) is 11.3. The topological polar surface area (TPSA) is 268 Å². The van der Waals surface area contributed by atoms with E-state index in [9.17, 15) is 39.6 Å². The molecule has 2 aromatic rings. The number of aliphatic hydroxyl groups excluding tert-OH is 2. The Morgan fingerprint density at radius 2 is 1.59 bits per heavy atom. The zero-order chi connectivity index (χ0) is 56.1. The lowest BCUT2D eigenvalue weighted by atomic mass is 9.74. The van der Waals surface area contributed by atoms with Gasteiger partial charge in [-0.2, -0.15) is 0 Å². The molecule has 21 nitrogen and oxygen atoms in total. The number of carboxylic acid groups (broad SMARTS) is 1. The molecule has 0 saturated carbocycles. The summed E-state index contributed by atoms with van der Waals surface area (Å²) < 4.78 is 68.4. The van der Waals surface area contributed by atoms with E-state index < -0.39 is 125 Å². The van der Waals surface area contributed by atoms with Crippen molar-refractivity contribution in [2.24, 2.45) is 23.7 Å². The van der Waals surface area contributed by atoms with Gasteiger partial charge in [-0.3, -0.25) is 14.4 Å². The van der Waals surface area contributed by atoms with Crippen LogP contribution >= 0.6 is 0 Å². The summed E-state index contributed by atoms with van der Waals surface area (Å²) in [6.45, 7) is 20.5. The highest BCUT2D eigenvalue weighted by molar-refractivity contribution is 5.92. The van der Waals surface area contributed by atoms with Crippen molar-refractivity contribution < 1.29 is 77.1 Å². The largest absolute Gasteiger partial charge is 0.477 e. The second-order valence-corrected chi connectivity index (χ2v) is 21.8. The Hall–Kier alpha value is -3.78. The third kappa shape index (κ3) is 13.7. The number of aryl methyl sites for hydroxylation is 1. The minimum absolute atomic E-state index is 0.0690. The van der Waals surface area contributed by atoms with Gasteiger partial charge >= 0.3 is 11.9 Å². The highest BCUT2D eigenvalue weighted by atomic mass is 19.1. The summed E-state index contributed by atoms with van der Waals surface area (Å²) in [5.41, 5.74) is -5.46. The summed E-state index contributed by atoms with van der Waals surface area (Å²) in [5, 5.41) is 50.8. The van der Waals surface area contributed by atoms with Crippen LogP contribution in [-0.4, -0.2) is 191 Å². The number of ether oxygens (including phenoxy) is 8. The van der Waals surface area contributed by atoms with Crippen molar-refractivity contribution in [1.82, 2.24) is 19.8 Å². The molecule has 0 radical (unpaired) electrons. The molecule has 3 fully saturated rings. The van der Waals surface area contributed by atoms with Crippen LogP contribution in [0.15, 0.2) is 17.1 Å². The lowest BCUT2D eigenvalue weighted by molar-refractivity contribution is -0.322. The number of aromatic nitrogens is 2. The second-order valence-electron chi connectivity index (χ2n) is 21.8. The number of aliphatic hydroxyl groups is 3. The summed E-state index contributed by atoms with van der Waals surface area (Å²) in [6.07, 6.45) is -7.66. The third-order valence-electron chi connectivity index (χ3n) is 16.0. The molecule has 5 heterocycles. The molecular weight excluding hydrogens is 982 g/mol. The van der Waals surface area contributed by atoms with Crippen molar-refractivity contribution >= 4 is 34.6 Å². The number of nitrogens with zero attached hydrogens (tertiary/aromatic N) is 3. The normalized spacial score (nSPS) is 37.6. The van der Waals surface area contributed by atoms with Crippen LogP contribution in [0.25, 0.3) is 11.0 Å². The second kappa shape index (κ2) is 25.8. The van der Waals surface area contributed by atoms with Gasteiger partial charge in [0.25, 0.3) is 0 Å². The van der Waals surface area contributed by atoms with E-state index in [2.05, 4.69) is 15.6 Å². The number of carbonyl (C=O) groups is 3. The molecule has 5 rings (SSSR count). The molecule has 0 aliphatic carbocycles. The summed E-state index contributed by atoms with van der Waals surface area (Å²) >= 11 is 0. The number of anilines is 1. The molecule has 22 heteroatoms. The molecule has 426 valence electrons.